The number of aryl methyl sites for hydroxylation is 1. The van der Waals surface area contributed by atoms with Crippen molar-refractivity contribution in [3.63, 3.8) is 0 Å². The van der Waals surface area contributed by atoms with E-state index in [2.05, 4.69) is 24.3 Å². The summed E-state index contributed by atoms with van der Waals surface area (Å²) in [6.07, 6.45) is 3.49. The standard InChI is InChI=1S/C14H26N4O2S/c1-15-10-13-9-14(11-17(13)4)21(19,20)18-7-5-12(6-8-18)16(2)3/h9,11-12,15H,5-8,10H2,1-4H3. The molecule has 1 aromatic rings. The van der Waals surface area contributed by atoms with Gasteiger partial charge < -0.3 is 14.8 Å². The summed E-state index contributed by atoms with van der Waals surface area (Å²) in [5.74, 6) is 0. The van der Waals surface area contributed by atoms with Crippen LogP contribution in [-0.2, 0) is 23.6 Å². The summed E-state index contributed by atoms with van der Waals surface area (Å²) in [4.78, 5) is 2.58. The van der Waals surface area contributed by atoms with Crippen LogP contribution in [0.4, 0.5) is 0 Å². The van der Waals surface area contributed by atoms with Crippen LogP contribution in [0.3, 0.4) is 0 Å². The molecule has 2 heterocycles. The number of sulfonamides is 1. The third-order valence-corrected chi connectivity index (χ3v) is 6.10. The largest absolute Gasteiger partial charge is 0.352 e. The SMILES string of the molecule is CNCc1cc(S(=O)(=O)N2CCC(N(C)C)CC2)cn1C. The monoisotopic (exact) mass is 314 g/mol. The fourth-order valence-corrected chi connectivity index (χ4v) is 4.39. The Bertz CT molecular complexity index is 572. The first-order valence-electron chi connectivity index (χ1n) is 7.32. The Labute approximate surface area is 127 Å². The van der Waals surface area contributed by atoms with E-state index in [-0.39, 0.29) is 0 Å². The molecule has 1 fully saturated rings. The third-order valence-electron chi connectivity index (χ3n) is 4.23. The summed E-state index contributed by atoms with van der Waals surface area (Å²) in [5, 5.41) is 3.05. The molecule has 0 unspecified atom stereocenters. The van der Waals surface area contributed by atoms with Crippen molar-refractivity contribution in [2.75, 3.05) is 34.2 Å². The van der Waals surface area contributed by atoms with E-state index in [1.54, 1.807) is 16.6 Å². The van der Waals surface area contributed by atoms with E-state index in [0.717, 1.165) is 18.5 Å². The topological polar surface area (TPSA) is 57.6 Å². The van der Waals surface area contributed by atoms with Gasteiger partial charge in [-0.15, -0.1) is 0 Å². The van der Waals surface area contributed by atoms with Gasteiger partial charge in [0.25, 0.3) is 0 Å². The molecule has 0 amide bonds. The van der Waals surface area contributed by atoms with Crippen molar-refractivity contribution in [3.05, 3.63) is 18.0 Å². The highest BCUT2D eigenvalue weighted by atomic mass is 32.2. The van der Waals surface area contributed by atoms with Crippen LogP contribution in [-0.4, -0.2) is 62.5 Å². The van der Waals surface area contributed by atoms with Crippen LogP contribution in [0.5, 0.6) is 0 Å². The number of piperidine rings is 1. The minimum Gasteiger partial charge on any atom is -0.352 e. The van der Waals surface area contributed by atoms with Crippen LogP contribution in [0.15, 0.2) is 17.2 Å². The van der Waals surface area contributed by atoms with Gasteiger partial charge in [-0.25, -0.2) is 8.42 Å². The van der Waals surface area contributed by atoms with Gasteiger partial charge in [0.05, 0.1) is 0 Å². The van der Waals surface area contributed by atoms with Gasteiger partial charge in [0.15, 0.2) is 0 Å². The van der Waals surface area contributed by atoms with E-state index in [0.29, 0.717) is 30.6 Å². The number of hydrogen-bond acceptors (Lipinski definition) is 4. The molecule has 21 heavy (non-hydrogen) atoms. The summed E-state index contributed by atoms with van der Waals surface area (Å²) < 4.78 is 28.9. The molecule has 0 spiro atoms. The highest BCUT2D eigenvalue weighted by Gasteiger charge is 2.30. The Kier molecular flexibility index (Phi) is 5.08. The molecule has 0 atom stereocenters. The molecule has 7 heteroatoms. The Morgan fingerprint density at radius 2 is 1.95 bits per heavy atom. The molecule has 1 aliphatic heterocycles. The van der Waals surface area contributed by atoms with E-state index < -0.39 is 10.0 Å². The predicted octanol–water partition coefficient (Wildman–Crippen LogP) is 0.459. The average Bonchev–Trinajstić information content (AvgIpc) is 2.81. The fraction of sp³-hybridized carbons (Fsp3) is 0.714. The second-order valence-electron chi connectivity index (χ2n) is 5.91. The van der Waals surface area contributed by atoms with Crippen LogP contribution < -0.4 is 5.32 Å². The lowest BCUT2D eigenvalue weighted by Crippen LogP contribution is -2.44. The second kappa shape index (κ2) is 6.48. The number of aromatic nitrogens is 1. The van der Waals surface area contributed by atoms with Crippen molar-refractivity contribution < 1.29 is 8.42 Å². The molecule has 0 aliphatic carbocycles. The zero-order chi connectivity index (χ0) is 15.6. The van der Waals surface area contributed by atoms with Crippen LogP contribution in [0.25, 0.3) is 0 Å². The van der Waals surface area contributed by atoms with Crippen LogP contribution in [0.2, 0.25) is 0 Å². The molecule has 1 aromatic heterocycles. The summed E-state index contributed by atoms with van der Waals surface area (Å²) in [6.45, 7) is 1.86. The Hall–Kier alpha value is -0.890. The minimum atomic E-state index is -3.36. The van der Waals surface area contributed by atoms with Gasteiger partial charge in [-0.1, -0.05) is 0 Å². The van der Waals surface area contributed by atoms with Crippen LogP contribution >= 0.6 is 0 Å². The second-order valence-corrected chi connectivity index (χ2v) is 7.85. The smallest absolute Gasteiger partial charge is 0.244 e. The van der Waals surface area contributed by atoms with E-state index in [4.69, 9.17) is 0 Å². The quantitative estimate of drug-likeness (QED) is 0.858. The maximum Gasteiger partial charge on any atom is 0.244 e. The highest BCUT2D eigenvalue weighted by molar-refractivity contribution is 7.89. The van der Waals surface area contributed by atoms with Crippen LogP contribution in [0.1, 0.15) is 18.5 Å². The maximum absolute atomic E-state index is 12.7. The number of nitrogens with one attached hydrogen (secondary N) is 1. The number of hydrogen-bond donors (Lipinski definition) is 1. The first-order valence-corrected chi connectivity index (χ1v) is 8.76. The van der Waals surface area contributed by atoms with Gasteiger partial charge in [-0.3, -0.25) is 0 Å². The average molecular weight is 314 g/mol. The first-order chi connectivity index (χ1) is 9.86. The fourth-order valence-electron chi connectivity index (χ4n) is 2.82. The van der Waals surface area contributed by atoms with Gasteiger partial charge >= 0.3 is 0 Å². The van der Waals surface area contributed by atoms with E-state index in [1.165, 1.54) is 0 Å². The van der Waals surface area contributed by atoms with Crippen molar-refractivity contribution in [2.24, 2.45) is 7.05 Å². The zero-order valence-electron chi connectivity index (χ0n) is 13.3. The Morgan fingerprint density at radius 1 is 1.33 bits per heavy atom. The molecule has 6 nitrogen and oxygen atoms in total. The maximum atomic E-state index is 12.7. The minimum absolute atomic E-state index is 0.401. The third kappa shape index (κ3) is 3.48. The summed E-state index contributed by atoms with van der Waals surface area (Å²) in [5.41, 5.74) is 0.972. The lowest BCUT2D eigenvalue weighted by molar-refractivity contribution is 0.196. The molecule has 1 N–H and O–H groups in total. The molecular formula is C14H26N4O2S. The molecule has 120 valence electrons. The number of rotatable bonds is 5. The van der Waals surface area contributed by atoms with Crippen molar-refractivity contribution in [2.45, 2.75) is 30.3 Å². The van der Waals surface area contributed by atoms with Crippen molar-refractivity contribution >= 4 is 10.0 Å². The first kappa shape index (κ1) is 16.5. The van der Waals surface area contributed by atoms with Gasteiger partial charge in [0, 0.05) is 44.6 Å². The molecule has 0 radical (unpaired) electrons. The summed E-state index contributed by atoms with van der Waals surface area (Å²) >= 11 is 0. The lowest BCUT2D eigenvalue weighted by Gasteiger charge is -2.34. The molecule has 1 aliphatic rings. The van der Waals surface area contributed by atoms with Crippen molar-refractivity contribution in [1.29, 1.82) is 0 Å². The zero-order valence-corrected chi connectivity index (χ0v) is 14.2. The van der Waals surface area contributed by atoms with E-state index in [1.807, 2.05) is 18.7 Å². The lowest BCUT2D eigenvalue weighted by atomic mass is 10.1. The van der Waals surface area contributed by atoms with Crippen LogP contribution in [0, 0.1) is 0 Å². The molecule has 1 saturated heterocycles. The van der Waals surface area contributed by atoms with Gasteiger partial charge in [-0.05, 0) is 40.1 Å². The molecule has 2 rings (SSSR count). The van der Waals surface area contributed by atoms with Gasteiger partial charge in [-0.2, -0.15) is 4.31 Å². The number of nitrogens with zero attached hydrogens (tertiary/aromatic N) is 3. The Balaban J connectivity index is 2.14. The van der Waals surface area contributed by atoms with E-state index in [9.17, 15) is 8.42 Å². The highest BCUT2D eigenvalue weighted by Crippen LogP contribution is 2.23. The van der Waals surface area contributed by atoms with E-state index >= 15 is 0 Å². The van der Waals surface area contributed by atoms with Crippen molar-refractivity contribution in [1.82, 2.24) is 19.1 Å². The van der Waals surface area contributed by atoms with Gasteiger partial charge in [0.2, 0.25) is 10.0 Å². The molecule has 0 aromatic carbocycles. The van der Waals surface area contributed by atoms with Crippen molar-refractivity contribution in [3.8, 4) is 0 Å². The molecule has 0 saturated carbocycles. The Morgan fingerprint density at radius 3 is 2.48 bits per heavy atom. The predicted molar refractivity (Wildman–Crippen MR) is 83.6 cm³/mol. The molecule has 0 bridgehead atoms. The normalized spacial score (nSPS) is 18.5. The van der Waals surface area contributed by atoms with Gasteiger partial charge in [0.1, 0.15) is 4.90 Å². The summed E-state index contributed by atoms with van der Waals surface area (Å²) in [6, 6.07) is 2.25. The summed E-state index contributed by atoms with van der Waals surface area (Å²) in [7, 11) is 4.47. The molecular weight excluding hydrogens is 288 g/mol.